The third kappa shape index (κ3) is 5.33. The Morgan fingerprint density at radius 3 is 2.00 bits per heavy atom. The van der Waals surface area contributed by atoms with Crippen molar-refractivity contribution in [3.8, 4) is 0 Å². The first kappa shape index (κ1) is 22.6. The first-order chi connectivity index (χ1) is 14.6. The van der Waals surface area contributed by atoms with Crippen LogP contribution in [0, 0.1) is 27.7 Å². The number of hydrogen-bond donors (Lipinski definition) is 2. The lowest BCUT2D eigenvalue weighted by molar-refractivity contribution is 0.0940. The Balaban J connectivity index is 1.70. The fourth-order valence-electron chi connectivity index (χ4n) is 3.43. The zero-order valence-electron chi connectivity index (χ0n) is 18.5. The molecule has 0 radical (unpaired) electrons. The molecule has 0 bridgehead atoms. The molecule has 1 amide bonds. The molecule has 3 aromatic carbocycles. The highest BCUT2D eigenvalue weighted by Crippen LogP contribution is 2.22. The number of nitrogens with one attached hydrogen (secondary N) is 2. The summed E-state index contributed by atoms with van der Waals surface area (Å²) in [5.41, 5.74) is 6.48. The van der Waals surface area contributed by atoms with E-state index in [4.69, 9.17) is 0 Å². The van der Waals surface area contributed by atoms with Gasteiger partial charge >= 0.3 is 0 Å². The molecule has 162 valence electrons. The van der Waals surface area contributed by atoms with Crippen LogP contribution in [0.5, 0.6) is 0 Å². The van der Waals surface area contributed by atoms with Gasteiger partial charge < -0.3 is 5.32 Å². The Bertz CT molecular complexity index is 1200. The van der Waals surface area contributed by atoms with E-state index in [1.54, 1.807) is 48.5 Å². The largest absolute Gasteiger partial charge is 0.346 e. The Kier molecular flexibility index (Phi) is 6.51. The smallest absolute Gasteiger partial charge is 0.261 e. The molecule has 5 nitrogen and oxygen atoms in total. The molecule has 31 heavy (non-hydrogen) atoms. The predicted molar refractivity (Wildman–Crippen MR) is 125 cm³/mol. The summed E-state index contributed by atoms with van der Waals surface area (Å²) in [4.78, 5) is 12.9. The van der Waals surface area contributed by atoms with Crippen molar-refractivity contribution in [2.45, 2.75) is 45.6 Å². The lowest BCUT2D eigenvalue weighted by Gasteiger charge is -2.18. The summed E-state index contributed by atoms with van der Waals surface area (Å²) in [7, 11) is -3.68. The quantitative estimate of drug-likeness (QED) is 0.557. The SMILES string of the molecule is Cc1ccc(S(=O)(=O)Nc2ccc(C(=O)NC(C)c3cc(C)c(C)cc3C)cc2)cc1. The van der Waals surface area contributed by atoms with Gasteiger partial charge in [-0.15, -0.1) is 0 Å². The van der Waals surface area contributed by atoms with Crippen LogP contribution < -0.4 is 10.0 Å². The number of carbonyl (C=O) groups is 1. The van der Waals surface area contributed by atoms with Gasteiger partial charge in [0.15, 0.2) is 0 Å². The minimum absolute atomic E-state index is 0.147. The third-order valence-corrected chi connectivity index (χ3v) is 6.82. The molecular weight excluding hydrogens is 408 g/mol. The average molecular weight is 437 g/mol. The van der Waals surface area contributed by atoms with E-state index in [0.29, 0.717) is 11.3 Å². The van der Waals surface area contributed by atoms with Crippen LogP contribution in [0.4, 0.5) is 5.69 Å². The van der Waals surface area contributed by atoms with Gasteiger partial charge in [-0.05, 0) is 93.3 Å². The third-order valence-electron chi connectivity index (χ3n) is 5.43. The molecule has 0 aliphatic heterocycles. The lowest BCUT2D eigenvalue weighted by atomic mass is 9.96. The molecule has 0 aliphatic carbocycles. The van der Waals surface area contributed by atoms with Gasteiger partial charge in [-0.25, -0.2) is 8.42 Å². The molecule has 0 saturated heterocycles. The summed E-state index contributed by atoms with van der Waals surface area (Å²) in [5, 5.41) is 3.02. The van der Waals surface area contributed by atoms with Gasteiger partial charge in [-0.2, -0.15) is 0 Å². The van der Waals surface area contributed by atoms with Crippen molar-refractivity contribution in [3.05, 3.63) is 94.0 Å². The van der Waals surface area contributed by atoms with E-state index in [1.165, 1.54) is 11.1 Å². The maximum Gasteiger partial charge on any atom is 0.261 e. The zero-order chi connectivity index (χ0) is 22.8. The first-order valence-corrected chi connectivity index (χ1v) is 11.6. The van der Waals surface area contributed by atoms with Crippen LogP contribution in [0.3, 0.4) is 0 Å². The number of aryl methyl sites for hydroxylation is 4. The monoisotopic (exact) mass is 436 g/mol. The molecule has 0 saturated carbocycles. The molecular formula is C25H28N2O3S. The van der Waals surface area contributed by atoms with Gasteiger partial charge in [0.2, 0.25) is 0 Å². The van der Waals surface area contributed by atoms with E-state index < -0.39 is 10.0 Å². The van der Waals surface area contributed by atoms with Gasteiger partial charge in [-0.3, -0.25) is 9.52 Å². The van der Waals surface area contributed by atoms with Gasteiger partial charge in [0.1, 0.15) is 0 Å². The Morgan fingerprint density at radius 1 is 0.806 bits per heavy atom. The molecule has 0 aromatic heterocycles. The highest BCUT2D eigenvalue weighted by molar-refractivity contribution is 7.92. The predicted octanol–water partition coefficient (Wildman–Crippen LogP) is 5.21. The molecule has 0 heterocycles. The Morgan fingerprint density at radius 2 is 1.39 bits per heavy atom. The number of benzene rings is 3. The zero-order valence-corrected chi connectivity index (χ0v) is 19.3. The van der Waals surface area contributed by atoms with Gasteiger partial charge in [-0.1, -0.05) is 29.8 Å². The number of anilines is 1. The Labute approximate surface area is 184 Å². The van der Waals surface area contributed by atoms with Crippen molar-refractivity contribution in [2.24, 2.45) is 0 Å². The second-order valence-electron chi connectivity index (χ2n) is 7.98. The number of hydrogen-bond acceptors (Lipinski definition) is 3. The number of carbonyl (C=O) groups excluding carboxylic acids is 1. The van der Waals surface area contributed by atoms with Crippen molar-refractivity contribution in [2.75, 3.05) is 4.72 Å². The van der Waals surface area contributed by atoms with Crippen LogP contribution in [0.25, 0.3) is 0 Å². The molecule has 3 aromatic rings. The molecule has 1 unspecified atom stereocenters. The van der Waals surface area contributed by atoms with Gasteiger partial charge in [0, 0.05) is 11.3 Å². The molecule has 6 heteroatoms. The molecule has 2 N–H and O–H groups in total. The normalized spacial score (nSPS) is 12.3. The standard InChI is InChI=1S/C25H28N2O3S/c1-16-6-12-23(13-7-16)31(29,30)27-22-10-8-21(9-11-22)25(28)26-20(5)24-15-18(3)17(2)14-19(24)4/h6-15,20,27H,1-5H3,(H,26,28). The fraction of sp³-hybridized carbons (Fsp3) is 0.240. The van der Waals surface area contributed by atoms with Crippen molar-refractivity contribution in [3.63, 3.8) is 0 Å². The van der Waals surface area contributed by atoms with E-state index in [-0.39, 0.29) is 16.8 Å². The highest BCUT2D eigenvalue weighted by atomic mass is 32.2. The maximum absolute atomic E-state index is 12.7. The first-order valence-electron chi connectivity index (χ1n) is 10.1. The summed E-state index contributed by atoms with van der Waals surface area (Å²) in [6.45, 7) is 10.0. The summed E-state index contributed by atoms with van der Waals surface area (Å²) < 4.78 is 27.6. The van der Waals surface area contributed by atoms with Crippen LogP contribution in [-0.2, 0) is 10.0 Å². The minimum Gasteiger partial charge on any atom is -0.346 e. The molecule has 0 aliphatic rings. The lowest BCUT2D eigenvalue weighted by Crippen LogP contribution is -2.27. The number of amides is 1. The fourth-order valence-corrected chi connectivity index (χ4v) is 4.49. The number of rotatable bonds is 6. The highest BCUT2D eigenvalue weighted by Gasteiger charge is 2.16. The Hall–Kier alpha value is -3.12. The summed E-state index contributed by atoms with van der Waals surface area (Å²) >= 11 is 0. The minimum atomic E-state index is -3.68. The molecule has 0 spiro atoms. The van der Waals surface area contributed by atoms with E-state index in [9.17, 15) is 13.2 Å². The number of sulfonamides is 1. The van der Waals surface area contributed by atoms with Crippen LogP contribution in [0.1, 0.15) is 51.1 Å². The second-order valence-corrected chi connectivity index (χ2v) is 9.67. The summed E-state index contributed by atoms with van der Waals surface area (Å²) in [5.74, 6) is -0.210. The van der Waals surface area contributed by atoms with E-state index >= 15 is 0 Å². The van der Waals surface area contributed by atoms with Gasteiger partial charge in [0.05, 0.1) is 10.9 Å². The van der Waals surface area contributed by atoms with E-state index in [2.05, 4.69) is 36.0 Å². The van der Waals surface area contributed by atoms with Crippen molar-refractivity contribution < 1.29 is 13.2 Å². The topological polar surface area (TPSA) is 75.3 Å². The second kappa shape index (κ2) is 8.94. The van der Waals surface area contributed by atoms with E-state index in [0.717, 1.165) is 16.7 Å². The van der Waals surface area contributed by atoms with Crippen LogP contribution >= 0.6 is 0 Å². The van der Waals surface area contributed by atoms with Crippen molar-refractivity contribution in [1.82, 2.24) is 5.32 Å². The van der Waals surface area contributed by atoms with E-state index in [1.807, 2.05) is 20.8 Å². The van der Waals surface area contributed by atoms with Crippen LogP contribution in [0.2, 0.25) is 0 Å². The van der Waals surface area contributed by atoms with Crippen molar-refractivity contribution >= 4 is 21.6 Å². The van der Waals surface area contributed by atoms with Crippen molar-refractivity contribution in [1.29, 1.82) is 0 Å². The summed E-state index contributed by atoms with van der Waals surface area (Å²) in [6.07, 6.45) is 0. The maximum atomic E-state index is 12.7. The van der Waals surface area contributed by atoms with Gasteiger partial charge in [0.25, 0.3) is 15.9 Å². The summed E-state index contributed by atoms with van der Waals surface area (Å²) in [6, 6.07) is 17.1. The average Bonchev–Trinajstić information content (AvgIpc) is 2.71. The molecule has 1 atom stereocenters. The van der Waals surface area contributed by atoms with Crippen LogP contribution in [0.15, 0.2) is 65.6 Å². The molecule has 0 fully saturated rings. The van der Waals surface area contributed by atoms with Crippen LogP contribution in [-0.4, -0.2) is 14.3 Å². The molecule has 3 rings (SSSR count).